The van der Waals surface area contributed by atoms with Crippen LogP contribution >= 0.6 is 0 Å². The number of hydrogen-bond donors (Lipinski definition) is 1. The summed E-state index contributed by atoms with van der Waals surface area (Å²) in [5.41, 5.74) is 7.33. The standard InChI is InChI=1S/C17H26N2O/c1-14(18)16-11-5-6-13-19(16)17(20)12-7-10-15-8-3-2-4-9-15/h2-4,8-9,14,16H,5-7,10-13,18H2,1H3. The van der Waals surface area contributed by atoms with E-state index in [-0.39, 0.29) is 18.0 Å². The summed E-state index contributed by atoms with van der Waals surface area (Å²) in [6.45, 7) is 2.90. The molecule has 110 valence electrons. The molecule has 3 heteroatoms. The second-order valence-corrected chi connectivity index (χ2v) is 5.85. The Morgan fingerprint density at radius 2 is 2.10 bits per heavy atom. The summed E-state index contributed by atoms with van der Waals surface area (Å²) in [6.07, 6.45) is 5.90. The van der Waals surface area contributed by atoms with Crippen molar-refractivity contribution in [2.24, 2.45) is 5.73 Å². The Bertz CT molecular complexity index is 416. The molecule has 2 rings (SSSR count). The van der Waals surface area contributed by atoms with E-state index in [2.05, 4.69) is 12.1 Å². The predicted octanol–water partition coefficient (Wildman–Crippen LogP) is 2.74. The van der Waals surface area contributed by atoms with Crippen molar-refractivity contribution in [1.29, 1.82) is 0 Å². The maximum absolute atomic E-state index is 12.4. The molecule has 3 nitrogen and oxygen atoms in total. The number of carbonyl (C=O) groups excluding carboxylic acids is 1. The lowest BCUT2D eigenvalue weighted by molar-refractivity contribution is -0.135. The summed E-state index contributed by atoms with van der Waals surface area (Å²) in [5, 5.41) is 0. The zero-order valence-corrected chi connectivity index (χ0v) is 12.4. The van der Waals surface area contributed by atoms with Gasteiger partial charge in [-0.3, -0.25) is 4.79 Å². The summed E-state index contributed by atoms with van der Waals surface area (Å²) in [7, 11) is 0. The third-order valence-corrected chi connectivity index (χ3v) is 4.18. The number of amides is 1. The molecule has 1 amide bonds. The van der Waals surface area contributed by atoms with E-state index in [1.54, 1.807) is 0 Å². The Balaban J connectivity index is 1.81. The van der Waals surface area contributed by atoms with Gasteiger partial charge in [0.1, 0.15) is 0 Å². The molecule has 1 fully saturated rings. The van der Waals surface area contributed by atoms with E-state index in [0.29, 0.717) is 6.42 Å². The van der Waals surface area contributed by atoms with Gasteiger partial charge in [0.25, 0.3) is 0 Å². The third-order valence-electron chi connectivity index (χ3n) is 4.18. The van der Waals surface area contributed by atoms with Gasteiger partial charge >= 0.3 is 0 Å². The van der Waals surface area contributed by atoms with Crippen molar-refractivity contribution in [1.82, 2.24) is 4.90 Å². The first kappa shape index (κ1) is 15.0. The molecule has 0 spiro atoms. The number of carbonyl (C=O) groups is 1. The van der Waals surface area contributed by atoms with Gasteiger partial charge in [0, 0.05) is 25.0 Å². The van der Waals surface area contributed by atoms with Crippen LogP contribution in [0.2, 0.25) is 0 Å². The van der Waals surface area contributed by atoms with Gasteiger partial charge in [0.2, 0.25) is 5.91 Å². The molecule has 0 bridgehead atoms. The van der Waals surface area contributed by atoms with E-state index < -0.39 is 0 Å². The van der Waals surface area contributed by atoms with Gasteiger partial charge in [-0.25, -0.2) is 0 Å². The number of piperidine rings is 1. The van der Waals surface area contributed by atoms with Crippen LogP contribution in [0, 0.1) is 0 Å². The monoisotopic (exact) mass is 274 g/mol. The Labute approximate surface area is 122 Å². The van der Waals surface area contributed by atoms with E-state index in [9.17, 15) is 4.79 Å². The second-order valence-electron chi connectivity index (χ2n) is 5.85. The van der Waals surface area contributed by atoms with Gasteiger partial charge in [-0.15, -0.1) is 0 Å². The Hall–Kier alpha value is -1.35. The fraction of sp³-hybridized carbons (Fsp3) is 0.588. The number of rotatable bonds is 5. The number of aryl methyl sites for hydroxylation is 1. The van der Waals surface area contributed by atoms with Crippen LogP contribution in [0.3, 0.4) is 0 Å². The Morgan fingerprint density at radius 3 is 2.80 bits per heavy atom. The van der Waals surface area contributed by atoms with Crippen LogP contribution in [0.1, 0.15) is 44.6 Å². The molecule has 1 aromatic rings. The van der Waals surface area contributed by atoms with Crippen LogP contribution in [0.15, 0.2) is 30.3 Å². The molecule has 2 N–H and O–H groups in total. The first-order valence-corrected chi connectivity index (χ1v) is 7.77. The van der Waals surface area contributed by atoms with Crippen LogP contribution in [-0.2, 0) is 11.2 Å². The minimum absolute atomic E-state index is 0.0772. The molecule has 1 heterocycles. The van der Waals surface area contributed by atoms with Crippen molar-refractivity contribution in [2.45, 2.75) is 57.5 Å². The molecule has 20 heavy (non-hydrogen) atoms. The zero-order valence-electron chi connectivity index (χ0n) is 12.4. The maximum Gasteiger partial charge on any atom is 0.222 e. The van der Waals surface area contributed by atoms with Crippen molar-refractivity contribution >= 4 is 5.91 Å². The molecule has 2 unspecified atom stereocenters. The van der Waals surface area contributed by atoms with Crippen molar-refractivity contribution in [3.8, 4) is 0 Å². The van der Waals surface area contributed by atoms with Gasteiger partial charge in [-0.2, -0.15) is 0 Å². The molecule has 0 aromatic heterocycles. The third kappa shape index (κ3) is 4.07. The predicted molar refractivity (Wildman–Crippen MR) is 82.4 cm³/mol. The van der Waals surface area contributed by atoms with Gasteiger partial charge in [-0.05, 0) is 44.6 Å². The molecule has 2 atom stereocenters. The average molecular weight is 274 g/mol. The van der Waals surface area contributed by atoms with E-state index in [1.165, 1.54) is 12.0 Å². The lowest BCUT2D eigenvalue weighted by Crippen LogP contribution is -2.51. The van der Waals surface area contributed by atoms with Gasteiger partial charge in [0.15, 0.2) is 0 Å². The molecular formula is C17H26N2O. The smallest absolute Gasteiger partial charge is 0.222 e. The zero-order chi connectivity index (χ0) is 14.4. The molecular weight excluding hydrogens is 248 g/mol. The van der Waals surface area contributed by atoms with E-state index in [4.69, 9.17) is 5.73 Å². The largest absolute Gasteiger partial charge is 0.338 e. The fourth-order valence-corrected chi connectivity index (χ4v) is 3.05. The Kier molecular flexibility index (Phi) is 5.60. The number of likely N-dealkylation sites (tertiary alicyclic amines) is 1. The topological polar surface area (TPSA) is 46.3 Å². The highest BCUT2D eigenvalue weighted by atomic mass is 16.2. The number of hydrogen-bond acceptors (Lipinski definition) is 2. The van der Waals surface area contributed by atoms with Crippen LogP contribution in [0.4, 0.5) is 0 Å². The minimum Gasteiger partial charge on any atom is -0.338 e. The van der Waals surface area contributed by atoms with Gasteiger partial charge < -0.3 is 10.6 Å². The molecule has 1 saturated heterocycles. The first-order valence-electron chi connectivity index (χ1n) is 7.77. The average Bonchev–Trinajstić information content (AvgIpc) is 2.48. The lowest BCUT2D eigenvalue weighted by atomic mass is 9.96. The first-order chi connectivity index (χ1) is 9.68. The van der Waals surface area contributed by atoms with E-state index in [1.807, 2.05) is 30.0 Å². The number of nitrogens with zero attached hydrogens (tertiary/aromatic N) is 1. The number of nitrogens with two attached hydrogens (primary N) is 1. The molecule has 0 radical (unpaired) electrons. The van der Waals surface area contributed by atoms with Crippen LogP contribution < -0.4 is 5.73 Å². The lowest BCUT2D eigenvalue weighted by Gasteiger charge is -2.38. The highest BCUT2D eigenvalue weighted by Crippen LogP contribution is 2.20. The Morgan fingerprint density at radius 1 is 1.35 bits per heavy atom. The van der Waals surface area contributed by atoms with Crippen molar-refractivity contribution < 1.29 is 4.79 Å². The summed E-state index contributed by atoms with van der Waals surface area (Å²) in [4.78, 5) is 14.4. The fourth-order valence-electron chi connectivity index (χ4n) is 3.05. The van der Waals surface area contributed by atoms with Gasteiger partial charge in [-0.1, -0.05) is 30.3 Å². The highest BCUT2D eigenvalue weighted by molar-refractivity contribution is 5.76. The second kappa shape index (κ2) is 7.44. The van der Waals surface area contributed by atoms with Crippen LogP contribution in [0.5, 0.6) is 0 Å². The SMILES string of the molecule is CC(N)C1CCCCN1C(=O)CCCc1ccccc1. The van der Waals surface area contributed by atoms with Crippen molar-refractivity contribution in [3.05, 3.63) is 35.9 Å². The van der Waals surface area contributed by atoms with Crippen LogP contribution in [-0.4, -0.2) is 29.4 Å². The summed E-state index contributed by atoms with van der Waals surface area (Å²) in [5.74, 6) is 0.280. The molecule has 1 aliphatic rings. The molecule has 0 saturated carbocycles. The summed E-state index contributed by atoms with van der Waals surface area (Å²) in [6, 6.07) is 10.7. The summed E-state index contributed by atoms with van der Waals surface area (Å²) < 4.78 is 0. The van der Waals surface area contributed by atoms with Crippen molar-refractivity contribution in [3.63, 3.8) is 0 Å². The van der Waals surface area contributed by atoms with E-state index in [0.717, 1.165) is 32.2 Å². The molecule has 0 aliphatic carbocycles. The van der Waals surface area contributed by atoms with E-state index >= 15 is 0 Å². The maximum atomic E-state index is 12.4. The quantitative estimate of drug-likeness (QED) is 0.897. The van der Waals surface area contributed by atoms with Crippen molar-refractivity contribution in [2.75, 3.05) is 6.54 Å². The molecule has 1 aliphatic heterocycles. The number of benzene rings is 1. The summed E-state index contributed by atoms with van der Waals surface area (Å²) >= 11 is 0. The minimum atomic E-state index is 0.0772. The van der Waals surface area contributed by atoms with Gasteiger partial charge in [0.05, 0.1) is 0 Å². The molecule has 1 aromatic carbocycles. The highest BCUT2D eigenvalue weighted by Gasteiger charge is 2.28. The normalized spacial score (nSPS) is 20.7. The van der Waals surface area contributed by atoms with Crippen LogP contribution in [0.25, 0.3) is 0 Å².